The fourth-order valence-electron chi connectivity index (χ4n) is 3.36. The Bertz CT molecular complexity index is 992. The monoisotopic (exact) mass is 410 g/mol. The number of rotatable bonds is 7. The zero-order chi connectivity index (χ0) is 21.1. The van der Waals surface area contributed by atoms with Gasteiger partial charge in [-0.1, -0.05) is 17.4 Å². The Kier molecular flexibility index (Phi) is 6.55. The second-order valence-corrected chi connectivity index (χ2v) is 8.99. The van der Waals surface area contributed by atoms with Gasteiger partial charge < -0.3 is 9.80 Å². The Morgan fingerprint density at radius 2 is 1.69 bits per heavy atom. The number of carbonyl (C=O) groups is 1. The number of hydrogen-bond donors (Lipinski definition) is 0. The van der Waals surface area contributed by atoms with Gasteiger partial charge in [-0.3, -0.25) is 9.69 Å². The molecule has 0 bridgehead atoms. The second kappa shape index (κ2) is 8.93. The zero-order valence-electron chi connectivity index (χ0n) is 18.2. The van der Waals surface area contributed by atoms with Crippen LogP contribution >= 0.6 is 11.3 Å². The van der Waals surface area contributed by atoms with Crippen LogP contribution in [0.1, 0.15) is 27.9 Å². The van der Waals surface area contributed by atoms with E-state index in [1.807, 2.05) is 48.2 Å². The van der Waals surface area contributed by atoms with Crippen molar-refractivity contribution in [2.75, 3.05) is 51.1 Å². The maximum absolute atomic E-state index is 13.4. The fraction of sp³-hybridized carbons (Fsp3) is 0.391. The van der Waals surface area contributed by atoms with Crippen molar-refractivity contribution in [3.8, 4) is 0 Å². The molecule has 0 fully saturated rings. The van der Waals surface area contributed by atoms with Gasteiger partial charge in [0.15, 0.2) is 5.13 Å². The molecule has 154 valence electrons. The first-order valence-electron chi connectivity index (χ1n) is 9.88. The second-order valence-electron chi connectivity index (χ2n) is 7.98. The lowest BCUT2D eigenvalue weighted by Gasteiger charge is -2.21. The molecule has 0 atom stereocenters. The maximum atomic E-state index is 13.4. The number of anilines is 2. The van der Waals surface area contributed by atoms with Crippen LogP contribution in [0.2, 0.25) is 0 Å². The SMILES string of the molecule is Cc1cc(C)c2nc(N(CCCN(C)C)C(=O)c3ccc(N(C)C)cc3)sc2c1. The van der Waals surface area contributed by atoms with Crippen molar-refractivity contribution in [2.24, 2.45) is 0 Å². The lowest BCUT2D eigenvalue weighted by atomic mass is 10.1. The van der Waals surface area contributed by atoms with Crippen LogP contribution in [0.3, 0.4) is 0 Å². The molecule has 29 heavy (non-hydrogen) atoms. The summed E-state index contributed by atoms with van der Waals surface area (Å²) in [4.78, 5) is 24.3. The van der Waals surface area contributed by atoms with E-state index in [1.54, 1.807) is 11.3 Å². The number of hydrogen-bond acceptors (Lipinski definition) is 5. The topological polar surface area (TPSA) is 39.7 Å². The molecule has 0 aliphatic rings. The van der Waals surface area contributed by atoms with Gasteiger partial charge in [0.1, 0.15) is 0 Å². The van der Waals surface area contributed by atoms with E-state index in [2.05, 4.69) is 45.0 Å². The van der Waals surface area contributed by atoms with Crippen molar-refractivity contribution >= 4 is 38.3 Å². The van der Waals surface area contributed by atoms with E-state index in [9.17, 15) is 4.79 Å². The highest BCUT2D eigenvalue weighted by atomic mass is 32.1. The average Bonchev–Trinajstić information content (AvgIpc) is 3.08. The van der Waals surface area contributed by atoms with Crippen molar-refractivity contribution in [3.05, 3.63) is 53.1 Å². The van der Waals surface area contributed by atoms with Crippen LogP contribution < -0.4 is 9.80 Å². The summed E-state index contributed by atoms with van der Waals surface area (Å²) in [6, 6.07) is 12.1. The number of aryl methyl sites for hydroxylation is 2. The maximum Gasteiger partial charge on any atom is 0.260 e. The number of thiazole rings is 1. The Morgan fingerprint density at radius 1 is 1.00 bits per heavy atom. The molecule has 2 aromatic carbocycles. The van der Waals surface area contributed by atoms with Gasteiger partial charge in [0.2, 0.25) is 0 Å². The fourth-order valence-corrected chi connectivity index (χ4v) is 4.53. The third-order valence-electron chi connectivity index (χ3n) is 4.91. The van der Waals surface area contributed by atoms with Gasteiger partial charge in [0.05, 0.1) is 10.2 Å². The minimum atomic E-state index is 0.00231. The van der Waals surface area contributed by atoms with Crippen molar-refractivity contribution in [1.29, 1.82) is 0 Å². The molecule has 6 heteroatoms. The average molecular weight is 411 g/mol. The largest absolute Gasteiger partial charge is 0.378 e. The van der Waals surface area contributed by atoms with Crippen molar-refractivity contribution < 1.29 is 4.79 Å². The molecule has 1 heterocycles. The third kappa shape index (κ3) is 4.95. The van der Waals surface area contributed by atoms with Crippen LogP contribution in [0.4, 0.5) is 10.8 Å². The van der Waals surface area contributed by atoms with E-state index < -0.39 is 0 Å². The lowest BCUT2D eigenvalue weighted by molar-refractivity contribution is 0.0986. The number of amides is 1. The lowest BCUT2D eigenvalue weighted by Crippen LogP contribution is -2.33. The highest BCUT2D eigenvalue weighted by molar-refractivity contribution is 7.22. The molecule has 3 aromatic rings. The summed E-state index contributed by atoms with van der Waals surface area (Å²) in [5.74, 6) is 0.00231. The Labute approximate surface area is 177 Å². The highest BCUT2D eigenvalue weighted by Gasteiger charge is 2.22. The van der Waals surface area contributed by atoms with E-state index >= 15 is 0 Å². The predicted octanol–water partition coefficient (Wildman–Crippen LogP) is 4.58. The van der Waals surface area contributed by atoms with E-state index in [1.165, 1.54) is 5.56 Å². The molecular formula is C23H30N4OS. The molecule has 0 aliphatic carbocycles. The van der Waals surface area contributed by atoms with E-state index in [4.69, 9.17) is 4.98 Å². The Morgan fingerprint density at radius 3 is 2.31 bits per heavy atom. The van der Waals surface area contributed by atoms with Gasteiger partial charge in [-0.05, 0) is 82.4 Å². The molecule has 1 amide bonds. The standard InChI is InChI=1S/C23H30N4OS/c1-16-14-17(2)21-20(15-16)29-23(24-21)27(13-7-12-25(3)4)22(28)18-8-10-19(11-9-18)26(5)6/h8-11,14-15H,7,12-13H2,1-6H3. The zero-order valence-corrected chi connectivity index (χ0v) is 19.0. The van der Waals surface area contributed by atoms with Crippen molar-refractivity contribution in [3.63, 3.8) is 0 Å². The molecule has 0 N–H and O–H groups in total. The van der Waals surface area contributed by atoms with Crippen LogP contribution in [0, 0.1) is 13.8 Å². The summed E-state index contributed by atoms with van der Waals surface area (Å²) in [6.07, 6.45) is 0.891. The van der Waals surface area contributed by atoms with Gasteiger partial charge in [-0.15, -0.1) is 0 Å². The van der Waals surface area contributed by atoms with Crippen LogP contribution in [-0.4, -0.2) is 57.1 Å². The first-order chi connectivity index (χ1) is 13.8. The predicted molar refractivity (Wildman–Crippen MR) is 125 cm³/mol. The van der Waals surface area contributed by atoms with Crippen LogP contribution in [0.5, 0.6) is 0 Å². The van der Waals surface area contributed by atoms with Gasteiger partial charge >= 0.3 is 0 Å². The number of aromatic nitrogens is 1. The van der Waals surface area contributed by atoms with E-state index in [0.29, 0.717) is 12.1 Å². The van der Waals surface area contributed by atoms with Gasteiger partial charge in [0.25, 0.3) is 5.91 Å². The van der Waals surface area contributed by atoms with E-state index in [-0.39, 0.29) is 5.91 Å². The van der Waals surface area contributed by atoms with Crippen molar-refractivity contribution in [2.45, 2.75) is 20.3 Å². The molecule has 1 aromatic heterocycles. The van der Waals surface area contributed by atoms with Crippen LogP contribution in [0.15, 0.2) is 36.4 Å². The van der Waals surface area contributed by atoms with Gasteiger partial charge in [-0.25, -0.2) is 4.98 Å². The summed E-state index contributed by atoms with van der Waals surface area (Å²) in [5.41, 5.74) is 5.12. The summed E-state index contributed by atoms with van der Waals surface area (Å²) < 4.78 is 1.13. The molecule has 0 unspecified atom stereocenters. The number of nitrogens with zero attached hydrogens (tertiary/aromatic N) is 4. The van der Waals surface area contributed by atoms with E-state index in [0.717, 1.165) is 39.6 Å². The summed E-state index contributed by atoms with van der Waals surface area (Å²) in [7, 11) is 8.09. The van der Waals surface area contributed by atoms with Crippen LogP contribution in [-0.2, 0) is 0 Å². The molecule has 0 saturated heterocycles. The Balaban J connectivity index is 1.95. The molecule has 0 radical (unpaired) electrons. The minimum Gasteiger partial charge on any atom is -0.378 e. The first kappa shape index (κ1) is 21.3. The number of fused-ring (bicyclic) bond motifs is 1. The number of benzene rings is 2. The quantitative estimate of drug-likeness (QED) is 0.572. The molecule has 3 rings (SSSR count). The molecule has 5 nitrogen and oxygen atoms in total. The summed E-state index contributed by atoms with van der Waals surface area (Å²) in [6.45, 7) is 5.74. The Hall–Kier alpha value is -2.44. The minimum absolute atomic E-state index is 0.00231. The number of carbonyl (C=O) groups excluding carboxylic acids is 1. The normalized spacial score (nSPS) is 11.3. The third-order valence-corrected chi connectivity index (χ3v) is 5.94. The van der Waals surface area contributed by atoms with Crippen LogP contribution in [0.25, 0.3) is 10.2 Å². The highest BCUT2D eigenvalue weighted by Crippen LogP contribution is 2.32. The summed E-state index contributed by atoms with van der Waals surface area (Å²) >= 11 is 1.60. The smallest absolute Gasteiger partial charge is 0.260 e. The molecule has 0 saturated carbocycles. The summed E-state index contributed by atoms with van der Waals surface area (Å²) in [5, 5.41) is 0.772. The first-order valence-corrected chi connectivity index (χ1v) is 10.7. The van der Waals surface area contributed by atoms with Gasteiger partial charge in [-0.2, -0.15) is 0 Å². The van der Waals surface area contributed by atoms with Crippen molar-refractivity contribution in [1.82, 2.24) is 9.88 Å². The van der Waals surface area contributed by atoms with Gasteiger partial charge in [0, 0.05) is 31.9 Å². The molecule has 0 aliphatic heterocycles. The molecular weight excluding hydrogens is 380 g/mol. The molecule has 0 spiro atoms.